The van der Waals surface area contributed by atoms with Gasteiger partial charge in [-0.3, -0.25) is 0 Å². The number of carboxylic acids is 1. The van der Waals surface area contributed by atoms with Gasteiger partial charge in [-0.15, -0.1) is 0 Å². The van der Waals surface area contributed by atoms with Crippen molar-refractivity contribution in [1.29, 1.82) is 0 Å². The van der Waals surface area contributed by atoms with Crippen molar-refractivity contribution in [2.75, 3.05) is 5.32 Å². The van der Waals surface area contributed by atoms with Gasteiger partial charge >= 0.3 is 12.1 Å². The molecule has 0 saturated heterocycles. The smallest absolute Gasteiger partial charge is 0.417 e. The van der Waals surface area contributed by atoms with Gasteiger partial charge in [-0.25, -0.2) is 9.78 Å². The van der Waals surface area contributed by atoms with E-state index in [2.05, 4.69) is 10.3 Å². The van der Waals surface area contributed by atoms with Crippen LogP contribution in [0.1, 0.15) is 15.9 Å². The average molecular weight is 351 g/mol. The normalized spacial score (nSPS) is 11.3. The predicted molar refractivity (Wildman–Crippen MR) is 75.9 cm³/mol. The van der Waals surface area contributed by atoms with Crippen LogP contribution in [0.15, 0.2) is 30.5 Å². The number of alkyl halides is 3. The van der Waals surface area contributed by atoms with Gasteiger partial charge in [0.15, 0.2) is 0 Å². The lowest BCUT2D eigenvalue weighted by Gasteiger charge is -2.13. The van der Waals surface area contributed by atoms with Crippen molar-refractivity contribution in [3.05, 3.63) is 51.6 Å². The molecule has 0 bridgehead atoms. The second-order valence-electron chi connectivity index (χ2n) is 4.17. The van der Waals surface area contributed by atoms with Crippen LogP contribution < -0.4 is 5.32 Å². The Labute approximate surface area is 132 Å². The van der Waals surface area contributed by atoms with Gasteiger partial charge in [0.05, 0.1) is 21.8 Å². The second-order valence-corrected chi connectivity index (χ2v) is 5.01. The first kappa shape index (κ1) is 16.4. The lowest BCUT2D eigenvalue weighted by Crippen LogP contribution is -2.14. The highest BCUT2D eigenvalue weighted by molar-refractivity contribution is 6.36. The van der Waals surface area contributed by atoms with Crippen molar-refractivity contribution in [3.63, 3.8) is 0 Å². The number of nitrogens with one attached hydrogen (secondary N) is 1. The molecule has 2 aromatic rings. The molecule has 1 heterocycles. The molecule has 2 N–H and O–H groups in total. The number of benzene rings is 1. The molecule has 0 spiro atoms. The molecule has 9 heteroatoms. The van der Waals surface area contributed by atoms with E-state index in [1.54, 1.807) is 0 Å². The van der Waals surface area contributed by atoms with Crippen LogP contribution >= 0.6 is 23.2 Å². The lowest BCUT2D eigenvalue weighted by molar-refractivity contribution is -0.138. The fraction of sp³-hybridized carbons (Fsp3) is 0.0769. The van der Waals surface area contributed by atoms with E-state index >= 15 is 0 Å². The first-order valence-corrected chi connectivity index (χ1v) is 6.46. The third kappa shape index (κ3) is 3.61. The molecule has 1 aromatic heterocycles. The molecule has 0 amide bonds. The first-order valence-electron chi connectivity index (χ1n) is 5.71. The lowest BCUT2D eigenvalue weighted by atomic mass is 10.1. The fourth-order valence-corrected chi connectivity index (χ4v) is 2.11. The van der Waals surface area contributed by atoms with Crippen LogP contribution in [0.5, 0.6) is 0 Å². The van der Waals surface area contributed by atoms with Crippen LogP contribution in [0.3, 0.4) is 0 Å². The molecule has 0 saturated carbocycles. The highest BCUT2D eigenvalue weighted by atomic mass is 35.5. The molecular formula is C13H7Cl2F3N2O2. The molecule has 4 nitrogen and oxygen atoms in total. The molecule has 0 aliphatic rings. The van der Waals surface area contributed by atoms with Crippen molar-refractivity contribution in [2.24, 2.45) is 0 Å². The Hall–Kier alpha value is -1.99. The predicted octanol–water partition coefficient (Wildman–Crippen LogP) is 4.85. The molecule has 0 fully saturated rings. The first-order chi connectivity index (χ1) is 10.2. The maximum atomic E-state index is 12.9. The van der Waals surface area contributed by atoms with Crippen molar-refractivity contribution in [2.45, 2.75) is 6.18 Å². The highest BCUT2D eigenvalue weighted by Crippen LogP contribution is 2.34. The summed E-state index contributed by atoms with van der Waals surface area (Å²) in [7, 11) is 0. The summed E-state index contributed by atoms with van der Waals surface area (Å²) in [4.78, 5) is 14.5. The maximum absolute atomic E-state index is 12.9. The van der Waals surface area contributed by atoms with E-state index in [4.69, 9.17) is 28.3 Å². The van der Waals surface area contributed by atoms with Crippen molar-refractivity contribution in [3.8, 4) is 0 Å². The van der Waals surface area contributed by atoms with E-state index in [0.29, 0.717) is 17.3 Å². The van der Waals surface area contributed by atoms with Crippen LogP contribution in [0.2, 0.25) is 10.0 Å². The van der Waals surface area contributed by atoms with E-state index in [-0.39, 0.29) is 16.5 Å². The van der Waals surface area contributed by atoms with E-state index in [1.165, 1.54) is 18.2 Å². The van der Waals surface area contributed by atoms with E-state index in [0.717, 1.165) is 0 Å². The third-order valence-electron chi connectivity index (χ3n) is 2.63. The number of hydrogen-bond donors (Lipinski definition) is 2. The SMILES string of the molecule is O=C(O)c1cnc(Nc2ccc(Cl)cc2Cl)cc1C(F)(F)F. The number of carbonyl (C=O) groups is 1. The minimum Gasteiger partial charge on any atom is -0.478 e. The second kappa shape index (κ2) is 6.02. The summed E-state index contributed by atoms with van der Waals surface area (Å²) in [6, 6.07) is 4.97. The highest BCUT2D eigenvalue weighted by Gasteiger charge is 2.36. The quantitative estimate of drug-likeness (QED) is 0.830. The van der Waals surface area contributed by atoms with Crippen LogP contribution in [-0.2, 0) is 6.18 Å². The number of aromatic nitrogens is 1. The summed E-state index contributed by atoms with van der Waals surface area (Å²) < 4.78 is 38.7. The Morgan fingerprint density at radius 2 is 1.91 bits per heavy atom. The topological polar surface area (TPSA) is 62.2 Å². The van der Waals surface area contributed by atoms with Gasteiger partial charge < -0.3 is 10.4 Å². The summed E-state index contributed by atoms with van der Waals surface area (Å²) in [6.07, 6.45) is -4.19. The third-order valence-corrected chi connectivity index (χ3v) is 3.18. The molecule has 2 rings (SSSR count). The molecule has 0 radical (unpaired) electrons. The Morgan fingerprint density at radius 3 is 2.45 bits per heavy atom. The van der Waals surface area contributed by atoms with Gasteiger partial charge in [0.1, 0.15) is 5.82 Å². The number of anilines is 2. The summed E-state index contributed by atoms with van der Waals surface area (Å²) in [6.45, 7) is 0. The summed E-state index contributed by atoms with van der Waals surface area (Å²) in [5.41, 5.74) is -1.95. The molecule has 116 valence electrons. The van der Waals surface area contributed by atoms with Crippen LogP contribution in [0.25, 0.3) is 0 Å². The molecule has 0 aliphatic heterocycles. The largest absolute Gasteiger partial charge is 0.478 e. The number of pyridine rings is 1. The van der Waals surface area contributed by atoms with Crippen LogP contribution in [0, 0.1) is 0 Å². The number of nitrogens with zero attached hydrogens (tertiary/aromatic N) is 1. The van der Waals surface area contributed by atoms with Gasteiger partial charge in [0.25, 0.3) is 0 Å². The summed E-state index contributed by atoms with van der Waals surface area (Å²) in [5, 5.41) is 11.9. The number of halogens is 5. The molecular weight excluding hydrogens is 344 g/mol. The van der Waals surface area contributed by atoms with E-state index in [9.17, 15) is 18.0 Å². The van der Waals surface area contributed by atoms with Crippen molar-refractivity contribution < 1.29 is 23.1 Å². The Balaban J connectivity index is 2.43. The number of carboxylic acid groups (broad SMARTS) is 1. The molecule has 22 heavy (non-hydrogen) atoms. The summed E-state index contributed by atoms with van der Waals surface area (Å²) in [5.74, 6) is -1.91. The van der Waals surface area contributed by atoms with Crippen LogP contribution in [0.4, 0.5) is 24.7 Å². The zero-order valence-corrected chi connectivity index (χ0v) is 12.1. The minimum absolute atomic E-state index is 0.185. The Morgan fingerprint density at radius 1 is 1.23 bits per heavy atom. The Bertz CT molecular complexity index is 736. The fourth-order valence-electron chi connectivity index (χ4n) is 1.66. The zero-order valence-electron chi connectivity index (χ0n) is 10.6. The molecule has 0 aliphatic carbocycles. The molecule has 0 unspecified atom stereocenters. The van der Waals surface area contributed by atoms with Gasteiger partial charge in [0.2, 0.25) is 0 Å². The van der Waals surface area contributed by atoms with Gasteiger partial charge in [-0.05, 0) is 24.3 Å². The average Bonchev–Trinajstić information content (AvgIpc) is 2.40. The van der Waals surface area contributed by atoms with E-state index < -0.39 is 23.3 Å². The standard InChI is InChI=1S/C13H7Cl2F3N2O2/c14-6-1-2-10(9(15)3-6)20-11-4-8(13(16,17)18)7(5-19-11)12(21)22/h1-5H,(H,19,20)(H,21,22). The van der Waals surface area contributed by atoms with Crippen LogP contribution in [-0.4, -0.2) is 16.1 Å². The molecule has 1 aromatic carbocycles. The zero-order chi connectivity index (χ0) is 16.5. The maximum Gasteiger partial charge on any atom is 0.417 e. The van der Waals surface area contributed by atoms with Gasteiger partial charge in [-0.2, -0.15) is 13.2 Å². The van der Waals surface area contributed by atoms with Gasteiger partial charge in [0, 0.05) is 11.2 Å². The van der Waals surface area contributed by atoms with Gasteiger partial charge in [-0.1, -0.05) is 23.2 Å². The molecule has 0 atom stereocenters. The monoisotopic (exact) mass is 350 g/mol. The van der Waals surface area contributed by atoms with Crippen molar-refractivity contribution in [1.82, 2.24) is 4.98 Å². The Kier molecular flexibility index (Phi) is 4.48. The number of rotatable bonds is 3. The van der Waals surface area contributed by atoms with E-state index in [1.807, 2.05) is 0 Å². The number of aromatic carboxylic acids is 1. The number of hydrogen-bond acceptors (Lipinski definition) is 3. The minimum atomic E-state index is -4.82. The van der Waals surface area contributed by atoms with Crippen molar-refractivity contribution >= 4 is 40.7 Å². The summed E-state index contributed by atoms with van der Waals surface area (Å²) >= 11 is 11.6.